The maximum absolute atomic E-state index is 12.9. The predicted molar refractivity (Wildman–Crippen MR) is 61.8 cm³/mol. The molecule has 0 bridgehead atoms. The largest absolute Gasteiger partial charge is 0.478 e. The van der Waals surface area contributed by atoms with Crippen molar-refractivity contribution in [2.75, 3.05) is 0 Å². The number of carbonyl (C=O) groups is 1. The maximum atomic E-state index is 12.9. The summed E-state index contributed by atoms with van der Waals surface area (Å²) in [5.74, 6) is -1.28. The molecule has 2 rings (SSSR count). The van der Waals surface area contributed by atoms with Crippen molar-refractivity contribution in [1.82, 2.24) is 0 Å². The van der Waals surface area contributed by atoms with Crippen molar-refractivity contribution < 1.29 is 14.3 Å². The summed E-state index contributed by atoms with van der Waals surface area (Å²) in [6, 6.07) is 7.64. The number of halogens is 1. The van der Waals surface area contributed by atoms with Crippen LogP contribution in [0.15, 0.2) is 44.8 Å². The number of thiophene rings is 1. The molecule has 0 amide bonds. The summed E-state index contributed by atoms with van der Waals surface area (Å²) in [4.78, 5) is 11.6. The van der Waals surface area contributed by atoms with Gasteiger partial charge in [-0.3, -0.25) is 0 Å². The van der Waals surface area contributed by atoms with E-state index >= 15 is 0 Å². The van der Waals surface area contributed by atoms with E-state index in [0.29, 0.717) is 9.10 Å². The molecule has 82 valence electrons. The predicted octanol–water partition coefficient (Wildman–Crippen LogP) is 3.74. The molecule has 1 N–H and O–H groups in total. The second kappa shape index (κ2) is 4.67. The first kappa shape index (κ1) is 11.2. The van der Waals surface area contributed by atoms with Crippen LogP contribution in [0, 0.1) is 5.82 Å². The SMILES string of the molecule is O=C(O)c1ccsc1Sc1cccc(F)c1. The van der Waals surface area contributed by atoms with Crippen LogP contribution in [0.4, 0.5) is 4.39 Å². The standard InChI is InChI=1S/C11H7FO2S2/c12-7-2-1-3-8(6-7)16-11-9(10(13)14)4-5-15-11/h1-6H,(H,13,14). The van der Waals surface area contributed by atoms with E-state index in [4.69, 9.17) is 5.11 Å². The Morgan fingerprint density at radius 2 is 2.19 bits per heavy atom. The van der Waals surface area contributed by atoms with E-state index in [1.54, 1.807) is 23.6 Å². The van der Waals surface area contributed by atoms with Gasteiger partial charge >= 0.3 is 5.97 Å². The quantitative estimate of drug-likeness (QED) is 0.906. The number of carboxylic acid groups (broad SMARTS) is 1. The van der Waals surface area contributed by atoms with Gasteiger partial charge in [0.05, 0.1) is 9.77 Å². The van der Waals surface area contributed by atoms with Crippen molar-refractivity contribution in [2.24, 2.45) is 0 Å². The van der Waals surface area contributed by atoms with Gasteiger partial charge in [-0.15, -0.1) is 11.3 Å². The summed E-state index contributed by atoms with van der Waals surface area (Å²) in [5.41, 5.74) is 0.263. The Labute approximate surface area is 99.7 Å². The molecule has 1 aromatic heterocycles. The highest BCUT2D eigenvalue weighted by atomic mass is 32.2. The van der Waals surface area contributed by atoms with Crippen LogP contribution in [0.5, 0.6) is 0 Å². The highest BCUT2D eigenvalue weighted by molar-refractivity contribution is 8.01. The van der Waals surface area contributed by atoms with Crippen molar-refractivity contribution in [3.05, 3.63) is 47.1 Å². The Kier molecular flexibility index (Phi) is 3.26. The average Bonchev–Trinajstić information content (AvgIpc) is 2.66. The molecule has 0 radical (unpaired) electrons. The molecule has 0 atom stereocenters. The molecular formula is C11H7FO2S2. The number of rotatable bonds is 3. The van der Waals surface area contributed by atoms with Crippen LogP contribution < -0.4 is 0 Å². The number of hydrogen-bond acceptors (Lipinski definition) is 3. The summed E-state index contributed by atoms with van der Waals surface area (Å²) >= 11 is 2.60. The maximum Gasteiger partial charge on any atom is 0.337 e. The van der Waals surface area contributed by atoms with E-state index in [2.05, 4.69) is 0 Å². The molecule has 16 heavy (non-hydrogen) atoms. The molecule has 0 saturated heterocycles. The molecule has 1 aromatic carbocycles. The molecule has 1 heterocycles. The molecule has 0 spiro atoms. The molecule has 0 aliphatic heterocycles. The molecule has 0 aliphatic carbocycles. The summed E-state index contributed by atoms with van der Waals surface area (Å²) < 4.78 is 13.6. The Bertz CT molecular complexity index is 522. The minimum Gasteiger partial charge on any atom is -0.478 e. The molecule has 0 aliphatic rings. The first-order valence-electron chi connectivity index (χ1n) is 4.41. The summed E-state index contributed by atoms with van der Waals surface area (Å²) in [6.45, 7) is 0. The fourth-order valence-electron chi connectivity index (χ4n) is 1.17. The molecule has 5 heteroatoms. The lowest BCUT2D eigenvalue weighted by molar-refractivity contribution is 0.0694. The second-order valence-electron chi connectivity index (χ2n) is 2.99. The van der Waals surface area contributed by atoms with Crippen molar-refractivity contribution in [2.45, 2.75) is 9.10 Å². The van der Waals surface area contributed by atoms with Crippen molar-refractivity contribution in [3.8, 4) is 0 Å². The second-order valence-corrected chi connectivity index (χ2v) is 5.24. The lowest BCUT2D eigenvalue weighted by atomic mass is 10.3. The van der Waals surface area contributed by atoms with Crippen LogP contribution >= 0.6 is 23.1 Å². The van der Waals surface area contributed by atoms with E-state index in [0.717, 1.165) is 0 Å². The van der Waals surface area contributed by atoms with Crippen LogP contribution in [0.3, 0.4) is 0 Å². The van der Waals surface area contributed by atoms with Gasteiger partial charge in [-0.2, -0.15) is 0 Å². The fourth-order valence-corrected chi connectivity index (χ4v) is 3.23. The average molecular weight is 254 g/mol. The zero-order valence-electron chi connectivity index (χ0n) is 8.01. The Morgan fingerprint density at radius 1 is 1.38 bits per heavy atom. The topological polar surface area (TPSA) is 37.3 Å². The van der Waals surface area contributed by atoms with Crippen LogP contribution in [-0.2, 0) is 0 Å². The van der Waals surface area contributed by atoms with Crippen molar-refractivity contribution in [1.29, 1.82) is 0 Å². The normalized spacial score (nSPS) is 10.3. The van der Waals surface area contributed by atoms with E-state index < -0.39 is 5.97 Å². The van der Waals surface area contributed by atoms with Crippen molar-refractivity contribution >= 4 is 29.1 Å². The zero-order valence-corrected chi connectivity index (χ0v) is 9.65. The Balaban J connectivity index is 2.27. The lowest BCUT2D eigenvalue weighted by Crippen LogP contribution is -1.94. The molecule has 0 saturated carbocycles. The Morgan fingerprint density at radius 3 is 2.88 bits per heavy atom. The van der Waals surface area contributed by atoms with Crippen LogP contribution in [0.2, 0.25) is 0 Å². The summed E-state index contributed by atoms with van der Waals surface area (Å²) in [6.07, 6.45) is 0. The summed E-state index contributed by atoms with van der Waals surface area (Å²) in [7, 11) is 0. The number of hydrogen-bond donors (Lipinski definition) is 1. The van der Waals surface area contributed by atoms with Crippen LogP contribution in [0.25, 0.3) is 0 Å². The van der Waals surface area contributed by atoms with Gasteiger partial charge in [-0.25, -0.2) is 9.18 Å². The van der Waals surface area contributed by atoms with E-state index in [-0.39, 0.29) is 11.4 Å². The molecule has 0 fully saturated rings. The molecule has 0 unspecified atom stereocenters. The van der Waals surface area contributed by atoms with E-state index in [1.165, 1.54) is 35.2 Å². The highest BCUT2D eigenvalue weighted by Gasteiger charge is 2.12. The van der Waals surface area contributed by atoms with Gasteiger partial charge < -0.3 is 5.11 Å². The minimum atomic E-state index is -0.958. The van der Waals surface area contributed by atoms with Gasteiger partial charge in [0, 0.05) is 4.90 Å². The summed E-state index contributed by atoms with van der Waals surface area (Å²) in [5, 5.41) is 10.6. The number of benzene rings is 1. The van der Waals surface area contributed by atoms with Gasteiger partial charge in [0.2, 0.25) is 0 Å². The molecular weight excluding hydrogens is 247 g/mol. The fraction of sp³-hybridized carbons (Fsp3) is 0. The van der Waals surface area contributed by atoms with E-state index in [9.17, 15) is 9.18 Å². The van der Waals surface area contributed by atoms with Gasteiger partial charge in [0.1, 0.15) is 5.82 Å². The third-order valence-corrected chi connectivity index (χ3v) is 4.01. The van der Waals surface area contributed by atoms with Crippen LogP contribution in [-0.4, -0.2) is 11.1 Å². The Hall–Kier alpha value is -1.33. The van der Waals surface area contributed by atoms with Crippen LogP contribution in [0.1, 0.15) is 10.4 Å². The van der Waals surface area contributed by atoms with Gasteiger partial charge in [0.15, 0.2) is 0 Å². The van der Waals surface area contributed by atoms with Crippen molar-refractivity contribution in [3.63, 3.8) is 0 Å². The first-order valence-corrected chi connectivity index (χ1v) is 6.10. The lowest BCUT2D eigenvalue weighted by Gasteiger charge is -2.00. The van der Waals surface area contributed by atoms with Gasteiger partial charge in [0.25, 0.3) is 0 Å². The first-order chi connectivity index (χ1) is 7.66. The van der Waals surface area contributed by atoms with E-state index in [1.807, 2.05) is 0 Å². The third kappa shape index (κ3) is 2.43. The monoisotopic (exact) mass is 254 g/mol. The van der Waals surface area contributed by atoms with Gasteiger partial charge in [-0.05, 0) is 29.6 Å². The third-order valence-electron chi connectivity index (χ3n) is 1.87. The smallest absolute Gasteiger partial charge is 0.337 e. The number of aromatic carboxylic acids is 1. The minimum absolute atomic E-state index is 0.263. The zero-order chi connectivity index (χ0) is 11.5. The molecule has 2 nitrogen and oxygen atoms in total. The molecule has 2 aromatic rings. The number of carboxylic acids is 1. The highest BCUT2D eigenvalue weighted by Crippen LogP contribution is 2.34. The van der Waals surface area contributed by atoms with Gasteiger partial charge in [-0.1, -0.05) is 17.8 Å².